The van der Waals surface area contributed by atoms with Crippen LogP contribution in [0.1, 0.15) is 34.1 Å². The number of methoxy groups -OCH3 is 1. The van der Waals surface area contributed by atoms with E-state index in [9.17, 15) is 18.0 Å². The van der Waals surface area contributed by atoms with Gasteiger partial charge >= 0.3 is 6.18 Å². The molecule has 164 valence electrons. The van der Waals surface area contributed by atoms with Crippen molar-refractivity contribution in [1.29, 1.82) is 0 Å². The van der Waals surface area contributed by atoms with Gasteiger partial charge in [0.05, 0.1) is 31.2 Å². The van der Waals surface area contributed by atoms with Crippen LogP contribution in [0.5, 0.6) is 11.5 Å². The van der Waals surface area contributed by atoms with Crippen LogP contribution in [-0.2, 0) is 12.7 Å². The lowest BCUT2D eigenvalue weighted by Gasteiger charge is -2.14. The number of carbonyl (C=O) groups is 1. The van der Waals surface area contributed by atoms with Crippen LogP contribution < -0.4 is 14.8 Å². The number of aryl methyl sites for hydroxylation is 1. The highest BCUT2D eigenvalue weighted by Crippen LogP contribution is 2.34. The molecule has 0 bridgehead atoms. The van der Waals surface area contributed by atoms with Gasteiger partial charge in [0.15, 0.2) is 17.2 Å². The van der Waals surface area contributed by atoms with Crippen LogP contribution in [0.3, 0.4) is 0 Å². The maximum absolute atomic E-state index is 13.8. The molecule has 0 atom stereocenters. The molecular formula is C22H22F3N3O3. The Morgan fingerprint density at radius 3 is 2.45 bits per heavy atom. The maximum Gasteiger partial charge on any atom is 0.434 e. The van der Waals surface area contributed by atoms with Crippen LogP contribution in [0, 0.1) is 6.92 Å². The number of alkyl halides is 3. The van der Waals surface area contributed by atoms with Gasteiger partial charge in [-0.25, -0.2) is 4.68 Å². The molecule has 9 heteroatoms. The molecule has 0 aliphatic heterocycles. The van der Waals surface area contributed by atoms with E-state index in [0.717, 1.165) is 16.4 Å². The number of nitrogens with zero attached hydrogens (tertiary/aromatic N) is 2. The van der Waals surface area contributed by atoms with E-state index >= 15 is 0 Å². The molecule has 1 heterocycles. The van der Waals surface area contributed by atoms with Crippen LogP contribution in [-0.4, -0.2) is 29.4 Å². The molecule has 0 radical (unpaired) electrons. The van der Waals surface area contributed by atoms with Crippen molar-refractivity contribution >= 4 is 5.91 Å². The van der Waals surface area contributed by atoms with Gasteiger partial charge in [0.2, 0.25) is 0 Å². The summed E-state index contributed by atoms with van der Waals surface area (Å²) in [6.07, 6.45) is -3.84. The Balaban J connectivity index is 1.84. The van der Waals surface area contributed by atoms with E-state index in [0.29, 0.717) is 23.7 Å². The van der Waals surface area contributed by atoms with Crippen LogP contribution in [0.4, 0.5) is 13.2 Å². The summed E-state index contributed by atoms with van der Waals surface area (Å²) in [5.41, 5.74) is 0.0821. The van der Waals surface area contributed by atoms with Crippen molar-refractivity contribution in [2.45, 2.75) is 26.6 Å². The molecule has 1 N–H and O–H groups in total. The Morgan fingerprint density at radius 2 is 1.84 bits per heavy atom. The highest BCUT2D eigenvalue weighted by Gasteiger charge is 2.40. The molecule has 0 saturated carbocycles. The molecule has 2 aromatic carbocycles. The summed E-state index contributed by atoms with van der Waals surface area (Å²) < 4.78 is 52.7. The zero-order valence-corrected chi connectivity index (χ0v) is 17.3. The molecule has 0 aliphatic carbocycles. The highest BCUT2D eigenvalue weighted by atomic mass is 19.4. The summed E-state index contributed by atoms with van der Waals surface area (Å²) in [6.45, 7) is 4.13. The summed E-state index contributed by atoms with van der Waals surface area (Å²) in [6, 6.07) is 11.4. The minimum absolute atomic E-state index is 0.00854. The number of hydrogen-bond donors (Lipinski definition) is 1. The number of halogens is 3. The fourth-order valence-electron chi connectivity index (χ4n) is 3.04. The normalized spacial score (nSPS) is 11.3. The van der Waals surface area contributed by atoms with Crippen LogP contribution in [0.25, 0.3) is 5.69 Å². The van der Waals surface area contributed by atoms with Crippen molar-refractivity contribution in [3.63, 3.8) is 0 Å². The van der Waals surface area contributed by atoms with Crippen molar-refractivity contribution in [3.8, 4) is 17.2 Å². The molecule has 0 spiro atoms. The third-order valence-electron chi connectivity index (χ3n) is 4.54. The third-order valence-corrected chi connectivity index (χ3v) is 4.54. The lowest BCUT2D eigenvalue weighted by Crippen LogP contribution is -2.26. The third kappa shape index (κ3) is 4.99. The molecule has 0 fully saturated rings. The Hall–Kier alpha value is -3.49. The number of amides is 1. The van der Waals surface area contributed by atoms with Gasteiger partial charge in [-0.3, -0.25) is 4.79 Å². The average molecular weight is 433 g/mol. The van der Waals surface area contributed by atoms with Gasteiger partial charge in [0, 0.05) is 6.54 Å². The molecule has 6 nitrogen and oxygen atoms in total. The average Bonchev–Trinajstić information content (AvgIpc) is 3.19. The van der Waals surface area contributed by atoms with Gasteiger partial charge in [0.1, 0.15) is 0 Å². The van der Waals surface area contributed by atoms with Crippen molar-refractivity contribution in [2.75, 3.05) is 13.7 Å². The van der Waals surface area contributed by atoms with Gasteiger partial charge in [-0.2, -0.15) is 18.3 Å². The standard InChI is InChI=1S/C22H22F3N3O3/c1-4-31-18-10-7-15(11-19(18)30-3)12-26-21(29)17-13-27-28(20(17)22(23,24)25)16-8-5-14(2)6-9-16/h5-11,13H,4,12H2,1-3H3,(H,26,29). The number of carbonyl (C=O) groups excluding carboxylic acids is 1. The van der Waals surface area contributed by atoms with Crippen molar-refractivity contribution < 1.29 is 27.4 Å². The molecule has 31 heavy (non-hydrogen) atoms. The minimum Gasteiger partial charge on any atom is -0.493 e. The Morgan fingerprint density at radius 1 is 1.13 bits per heavy atom. The SMILES string of the molecule is CCOc1ccc(CNC(=O)c2cnn(-c3ccc(C)cc3)c2C(F)(F)F)cc1OC. The second-order valence-electron chi connectivity index (χ2n) is 6.75. The van der Waals surface area contributed by atoms with E-state index in [1.54, 1.807) is 30.3 Å². The molecular weight excluding hydrogens is 411 g/mol. The van der Waals surface area contributed by atoms with E-state index in [-0.39, 0.29) is 12.2 Å². The number of aromatic nitrogens is 2. The zero-order valence-electron chi connectivity index (χ0n) is 17.3. The second-order valence-corrected chi connectivity index (χ2v) is 6.75. The fourth-order valence-corrected chi connectivity index (χ4v) is 3.04. The second kappa shape index (κ2) is 9.11. The molecule has 0 aliphatic rings. The van der Waals surface area contributed by atoms with Crippen molar-refractivity contribution in [1.82, 2.24) is 15.1 Å². The Bertz CT molecular complexity index is 1060. The van der Waals surface area contributed by atoms with Gasteiger partial charge in [-0.15, -0.1) is 0 Å². The number of benzene rings is 2. The van der Waals surface area contributed by atoms with Gasteiger partial charge in [0.25, 0.3) is 5.91 Å². The molecule has 3 rings (SSSR count). The van der Waals surface area contributed by atoms with Crippen LogP contribution in [0.2, 0.25) is 0 Å². The van der Waals surface area contributed by atoms with E-state index in [1.165, 1.54) is 19.2 Å². The number of nitrogens with one attached hydrogen (secondary N) is 1. The first-order chi connectivity index (χ1) is 14.7. The van der Waals surface area contributed by atoms with Crippen molar-refractivity contribution in [2.24, 2.45) is 0 Å². The first-order valence-corrected chi connectivity index (χ1v) is 9.54. The highest BCUT2D eigenvalue weighted by molar-refractivity contribution is 5.95. The van der Waals surface area contributed by atoms with E-state index < -0.39 is 23.3 Å². The topological polar surface area (TPSA) is 65.4 Å². The van der Waals surface area contributed by atoms with Gasteiger partial charge < -0.3 is 14.8 Å². The molecule has 3 aromatic rings. The zero-order chi connectivity index (χ0) is 22.6. The molecule has 1 amide bonds. The van der Waals surface area contributed by atoms with Gasteiger partial charge in [-0.1, -0.05) is 23.8 Å². The summed E-state index contributed by atoms with van der Waals surface area (Å²) >= 11 is 0. The number of rotatable bonds is 7. The first kappa shape index (κ1) is 22.2. The summed E-state index contributed by atoms with van der Waals surface area (Å²) in [7, 11) is 1.48. The molecule has 1 aromatic heterocycles. The lowest BCUT2D eigenvalue weighted by molar-refractivity contribution is -0.143. The van der Waals surface area contributed by atoms with E-state index in [2.05, 4.69) is 10.4 Å². The Labute approximate surface area is 177 Å². The van der Waals surface area contributed by atoms with Crippen LogP contribution >= 0.6 is 0 Å². The molecule has 0 unspecified atom stereocenters. The Kier molecular flexibility index (Phi) is 6.53. The lowest BCUT2D eigenvalue weighted by atomic mass is 10.1. The van der Waals surface area contributed by atoms with E-state index in [1.807, 2.05) is 13.8 Å². The minimum atomic E-state index is -4.77. The predicted octanol–water partition coefficient (Wildman–Crippen LogP) is 4.54. The summed E-state index contributed by atoms with van der Waals surface area (Å²) in [5.74, 6) is 0.133. The monoisotopic (exact) mass is 433 g/mol. The quantitative estimate of drug-likeness (QED) is 0.594. The smallest absolute Gasteiger partial charge is 0.434 e. The maximum atomic E-state index is 13.8. The fraction of sp³-hybridized carbons (Fsp3) is 0.273. The summed E-state index contributed by atoms with van der Waals surface area (Å²) in [4.78, 5) is 12.6. The number of ether oxygens (including phenoxy) is 2. The summed E-state index contributed by atoms with van der Waals surface area (Å²) in [5, 5.41) is 6.33. The largest absolute Gasteiger partial charge is 0.493 e. The van der Waals surface area contributed by atoms with Crippen LogP contribution in [0.15, 0.2) is 48.7 Å². The number of hydrogen-bond acceptors (Lipinski definition) is 4. The first-order valence-electron chi connectivity index (χ1n) is 9.54. The predicted molar refractivity (Wildman–Crippen MR) is 109 cm³/mol. The van der Waals surface area contributed by atoms with E-state index in [4.69, 9.17) is 9.47 Å². The molecule has 0 saturated heterocycles. The van der Waals surface area contributed by atoms with Gasteiger partial charge in [-0.05, 0) is 43.7 Å². The van der Waals surface area contributed by atoms with Crippen molar-refractivity contribution in [3.05, 3.63) is 71.0 Å².